The number of hydrogen-bond donors (Lipinski definition) is 1. The van der Waals surface area contributed by atoms with E-state index in [1.807, 2.05) is 24.3 Å². The van der Waals surface area contributed by atoms with Crippen molar-refractivity contribution < 1.29 is 4.74 Å². The predicted molar refractivity (Wildman–Crippen MR) is 39.7 cm³/mol. The van der Waals surface area contributed by atoms with E-state index in [1.54, 1.807) is 0 Å². The third-order valence-electron chi connectivity index (χ3n) is 1.02. The van der Waals surface area contributed by atoms with Crippen molar-refractivity contribution in [2.24, 2.45) is 0 Å². The molecule has 1 nitrogen and oxygen atoms in total. The molecule has 0 aliphatic heterocycles. The largest absolute Gasteiger partial charge is 0.489 e. The number of rotatable bonds is 1. The van der Waals surface area contributed by atoms with Crippen molar-refractivity contribution >= 4 is 12.6 Å². The van der Waals surface area contributed by atoms with Gasteiger partial charge >= 0.3 is 0 Å². The molecular formula is C7H7OS. The van der Waals surface area contributed by atoms with E-state index in [-0.39, 0.29) is 0 Å². The van der Waals surface area contributed by atoms with Crippen LogP contribution in [0.1, 0.15) is 0 Å². The first-order valence-corrected chi connectivity index (χ1v) is 2.99. The van der Waals surface area contributed by atoms with Crippen LogP contribution in [0.25, 0.3) is 0 Å². The summed E-state index contributed by atoms with van der Waals surface area (Å²) in [5.41, 5.74) is 0. The predicted octanol–water partition coefficient (Wildman–Crippen LogP) is 2.15. The minimum Gasteiger partial charge on any atom is -0.489 e. The van der Waals surface area contributed by atoms with E-state index in [9.17, 15) is 0 Å². The van der Waals surface area contributed by atoms with Crippen LogP contribution in [-0.2, 0) is 0 Å². The van der Waals surface area contributed by atoms with Gasteiger partial charge in [-0.05, 0) is 12.1 Å². The van der Waals surface area contributed by atoms with Crippen LogP contribution in [0.3, 0.4) is 0 Å². The fraction of sp³-hybridized carbons (Fsp3) is 0. The van der Waals surface area contributed by atoms with E-state index < -0.39 is 0 Å². The quantitative estimate of drug-likeness (QED) is 0.586. The van der Waals surface area contributed by atoms with Crippen LogP contribution < -0.4 is 4.74 Å². The zero-order valence-corrected chi connectivity index (χ0v) is 5.77. The highest BCUT2D eigenvalue weighted by atomic mass is 32.1. The summed E-state index contributed by atoms with van der Waals surface area (Å²) < 4.78 is 4.72. The monoisotopic (exact) mass is 139 g/mol. The van der Waals surface area contributed by atoms with Crippen molar-refractivity contribution in [3.05, 3.63) is 31.4 Å². The van der Waals surface area contributed by atoms with Crippen LogP contribution in [0, 0.1) is 7.11 Å². The number of benzene rings is 1. The second kappa shape index (κ2) is 2.78. The Balaban J connectivity index is 3.01. The van der Waals surface area contributed by atoms with Gasteiger partial charge in [-0.15, -0.1) is 12.6 Å². The summed E-state index contributed by atoms with van der Waals surface area (Å²) >= 11 is 4.11. The van der Waals surface area contributed by atoms with Crippen LogP contribution in [0.2, 0.25) is 0 Å². The summed E-state index contributed by atoms with van der Waals surface area (Å²) in [7, 11) is 3.27. The van der Waals surface area contributed by atoms with Gasteiger partial charge in [-0.1, -0.05) is 12.1 Å². The Morgan fingerprint density at radius 2 is 2.00 bits per heavy atom. The van der Waals surface area contributed by atoms with Crippen LogP contribution in [0.5, 0.6) is 5.75 Å². The Labute approximate surface area is 60.1 Å². The molecule has 0 bridgehead atoms. The smallest absolute Gasteiger partial charge is 0.132 e. The summed E-state index contributed by atoms with van der Waals surface area (Å²) in [6.45, 7) is 0. The Kier molecular flexibility index (Phi) is 2.01. The molecule has 47 valence electrons. The zero-order chi connectivity index (χ0) is 6.69. The van der Waals surface area contributed by atoms with Gasteiger partial charge < -0.3 is 4.74 Å². The average Bonchev–Trinajstić information content (AvgIpc) is 1.89. The van der Waals surface area contributed by atoms with E-state index in [4.69, 9.17) is 4.74 Å². The molecule has 1 radical (unpaired) electrons. The standard InChI is InChI=1S/C7H7OS/c1-8-6-4-2-3-5-7(6)9/h2-5,9H,1H2. The molecule has 9 heavy (non-hydrogen) atoms. The lowest BCUT2D eigenvalue weighted by Gasteiger charge is -1.99. The van der Waals surface area contributed by atoms with Gasteiger partial charge in [0, 0.05) is 4.90 Å². The fourth-order valence-corrected chi connectivity index (χ4v) is 0.804. The first-order chi connectivity index (χ1) is 4.34. The third kappa shape index (κ3) is 1.39. The van der Waals surface area contributed by atoms with Gasteiger partial charge in [-0.2, -0.15) is 0 Å². The van der Waals surface area contributed by atoms with E-state index in [0.29, 0.717) is 5.75 Å². The zero-order valence-electron chi connectivity index (χ0n) is 4.87. The summed E-state index contributed by atoms with van der Waals surface area (Å²) in [6.07, 6.45) is 0. The lowest BCUT2D eigenvalue weighted by atomic mass is 10.3. The van der Waals surface area contributed by atoms with Crippen molar-refractivity contribution in [3.8, 4) is 5.75 Å². The number of hydrogen-bond acceptors (Lipinski definition) is 2. The molecule has 0 amide bonds. The molecule has 1 rings (SSSR count). The van der Waals surface area contributed by atoms with Crippen molar-refractivity contribution in [2.45, 2.75) is 4.90 Å². The van der Waals surface area contributed by atoms with E-state index in [0.717, 1.165) is 4.90 Å². The van der Waals surface area contributed by atoms with E-state index >= 15 is 0 Å². The van der Waals surface area contributed by atoms with E-state index in [1.165, 1.54) is 0 Å². The van der Waals surface area contributed by atoms with Gasteiger partial charge in [-0.3, -0.25) is 0 Å². The molecule has 0 aliphatic rings. The number of para-hydroxylation sites is 1. The Morgan fingerprint density at radius 1 is 1.33 bits per heavy atom. The molecule has 0 aliphatic carbocycles. The van der Waals surface area contributed by atoms with Crippen LogP contribution in [-0.4, -0.2) is 0 Å². The molecule has 0 saturated carbocycles. The molecule has 1 aromatic rings. The fourth-order valence-electron chi connectivity index (χ4n) is 0.579. The third-order valence-corrected chi connectivity index (χ3v) is 1.39. The maximum absolute atomic E-state index is 4.72. The van der Waals surface area contributed by atoms with Crippen molar-refractivity contribution in [1.29, 1.82) is 0 Å². The van der Waals surface area contributed by atoms with Crippen LogP contribution in [0.15, 0.2) is 29.2 Å². The molecular weight excluding hydrogens is 132 g/mol. The van der Waals surface area contributed by atoms with Gasteiger partial charge in [0.2, 0.25) is 0 Å². The highest BCUT2D eigenvalue weighted by Gasteiger charge is 1.92. The molecule has 0 saturated heterocycles. The molecule has 1 aromatic carbocycles. The minimum absolute atomic E-state index is 0.709. The Morgan fingerprint density at radius 3 is 2.44 bits per heavy atom. The first kappa shape index (κ1) is 6.49. The van der Waals surface area contributed by atoms with Crippen LogP contribution in [0.4, 0.5) is 0 Å². The van der Waals surface area contributed by atoms with Gasteiger partial charge in [0.1, 0.15) is 12.9 Å². The number of thiol groups is 1. The second-order valence-electron chi connectivity index (χ2n) is 1.61. The first-order valence-electron chi connectivity index (χ1n) is 2.54. The van der Waals surface area contributed by atoms with Crippen molar-refractivity contribution in [2.75, 3.05) is 0 Å². The lowest BCUT2D eigenvalue weighted by molar-refractivity contribution is 0.462. The number of ether oxygens (including phenoxy) is 1. The van der Waals surface area contributed by atoms with Gasteiger partial charge in [-0.25, -0.2) is 0 Å². The van der Waals surface area contributed by atoms with Gasteiger partial charge in [0.25, 0.3) is 0 Å². The summed E-state index contributed by atoms with van der Waals surface area (Å²) in [5, 5.41) is 0. The molecule has 0 atom stereocenters. The molecule has 0 heterocycles. The van der Waals surface area contributed by atoms with Crippen LogP contribution >= 0.6 is 12.6 Å². The molecule has 0 spiro atoms. The lowest BCUT2D eigenvalue weighted by Crippen LogP contribution is -1.78. The Bertz CT molecular complexity index is 198. The summed E-state index contributed by atoms with van der Waals surface area (Å²) in [5.74, 6) is 0.709. The highest BCUT2D eigenvalue weighted by Crippen LogP contribution is 2.20. The highest BCUT2D eigenvalue weighted by molar-refractivity contribution is 7.80. The topological polar surface area (TPSA) is 9.23 Å². The SMILES string of the molecule is [CH2]Oc1ccccc1S. The molecule has 0 aromatic heterocycles. The molecule has 0 fully saturated rings. The van der Waals surface area contributed by atoms with Gasteiger partial charge in [0.05, 0.1) is 0 Å². The van der Waals surface area contributed by atoms with Crippen molar-refractivity contribution in [3.63, 3.8) is 0 Å². The Hall–Kier alpha value is -0.630. The average molecular weight is 139 g/mol. The molecule has 0 N–H and O–H groups in total. The second-order valence-corrected chi connectivity index (χ2v) is 2.09. The van der Waals surface area contributed by atoms with Gasteiger partial charge in [0.15, 0.2) is 0 Å². The summed E-state index contributed by atoms with van der Waals surface area (Å²) in [4.78, 5) is 0.813. The molecule has 2 heteroatoms. The minimum atomic E-state index is 0.709. The van der Waals surface area contributed by atoms with E-state index in [2.05, 4.69) is 19.7 Å². The molecule has 0 unspecified atom stereocenters. The maximum Gasteiger partial charge on any atom is 0.132 e. The maximum atomic E-state index is 4.72. The summed E-state index contributed by atoms with van der Waals surface area (Å²) in [6, 6.07) is 7.43. The normalized spacial score (nSPS) is 9.11. The van der Waals surface area contributed by atoms with Crippen molar-refractivity contribution in [1.82, 2.24) is 0 Å².